The third-order valence-corrected chi connectivity index (χ3v) is 7.16. The molecule has 2 heterocycles. The second kappa shape index (κ2) is 9.76. The fourth-order valence-corrected chi connectivity index (χ4v) is 5.33. The molecule has 1 atom stereocenters. The van der Waals surface area contributed by atoms with Crippen LogP contribution in [0.25, 0.3) is 10.9 Å². The molecule has 0 amide bonds. The maximum absolute atomic E-state index is 12.5. The van der Waals surface area contributed by atoms with E-state index >= 15 is 0 Å². The number of aromatic nitrogens is 2. The molecule has 2 aromatic carbocycles. The fourth-order valence-electron chi connectivity index (χ4n) is 4.09. The molecule has 0 radical (unpaired) electrons. The average molecular weight is 457 g/mol. The predicted octanol–water partition coefficient (Wildman–Crippen LogP) is 4.52. The second-order valence-electron chi connectivity index (χ2n) is 7.91. The van der Waals surface area contributed by atoms with Crippen LogP contribution in [0.5, 0.6) is 17.2 Å². The Hall–Kier alpha value is -2.83. The predicted molar refractivity (Wildman–Crippen MR) is 124 cm³/mol. The lowest BCUT2D eigenvalue weighted by atomic mass is 9.94. The molecule has 0 spiro atoms. The molecule has 9 heteroatoms. The van der Waals surface area contributed by atoms with Crippen molar-refractivity contribution in [2.45, 2.75) is 19.3 Å². The third-order valence-electron chi connectivity index (χ3n) is 5.84. The van der Waals surface area contributed by atoms with Crippen LogP contribution in [0.4, 0.5) is 5.82 Å². The van der Waals surface area contributed by atoms with E-state index in [1.54, 1.807) is 44.8 Å². The van der Waals surface area contributed by atoms with Crippen LogP contribution in [0.15, 0.2) is 48.8 Å². The normalized spacial score (nSPS) is 16.5. The first-order valence-corrected chi connectivity index (χ1v) is 12.4. The summed E-state index contributed by atoms with van der Waals surface area (Å²) >= 11 is 0. The first-order chi connectivity index (χ1) is 15.5. The number of hydrogen-bond acceptors (Lipinski definition) is 7. The van der Waals surface area contributed by atoms with E-state index in [2.05, 4.69) is 14.9 Å². The lowest BCUT2D eigenvalue weighted by molar-refractivity contribution is 0.354. The van der Waals surface area contributed by atoms with Crippen molar-refractivity contribution in [1.29, 1.82) is 0 Å². The molecule has 1 fully saturated rings. The number of ether oxygens (including phenoxy) is 2. The number of para-hydroxylation sites is 1. The van der Waals surface area contributed by atoms with Crippen molar-refractivity contribution in [3.05, 3.63) is 48.8 Å². The summed E-state index contributed by atoms with van der Waals surface area (Å²) in [6, 6.07) is 12.6. The largest absolute Gasteiger partial charge is 0.493 e. The Morgan fingerprint density at radius 1 is 1.06 bits per heavy atom. The third kappa shape index (κ3) is 5.14. The first kappa shape index (κ1) is 22.4. The van der Waals surface area contributed by atoms with Crippen molar-refractivity contribution < 1.29 is 23.5 Å². The Kier molecular flexibility index (Phi) is 6.82. The SMILES string of the molecule is COc1cc2ncnc(N3CCC(CCP(=O)(O)Oc4ccccc4)CC3)c2cc1OC. The van der Waals surface area contributed by atoms with Gasteiger partial charge in [-0.25, -0.2) is 14.5 Å². The van der Waals surface area contributed by atoms with Gasteiger partial charge in [0, 0.05) is 24.5 Å². The Labute approximate surface area is 187 Å². The molecule has 3 aromatic rings. The number of hydrogen-bond donors (Lipinski definition) is 1. The molecule has 0 saturated carbocycles. The number of methoxy groups -OCH3 is 2. The zero-order valence-electron chi connectivity index (χ0n) is 18.3. The van der Waals surface area contributed by atoms with Gasteiger partial charge in [0.25, 0.3) is 0 Å². The van der Waals surface area contributed by atoms with Gasteiger partial charge in [0.15, 0.2) is 11.5 Å². The summed E-state index contributed by atoms with van der Waals surface area (Å²) in [5.41, 5.74) is 0.800. The molecule has 1 aliphatic heterocycles. The minimum Gasteiger partial charge on any atom is -0.493 e. The fraction of sp³-hybridized carbons (Fsp3) is 0.391. The lowest BCUT2D eigenvalue weighted by Crippen LogP contribution is -2.34. The molecule has 0 bridgehead atoms. The van der Waals surface area contributed by atoms with Crippen molar-refractivity contribution in [3.8, 4) is 17.2 Å². The summed E-state index contributed by atoms with van der Waals surface area (Å²) in [5, 5.41) is 0.916. The van der Waals surface area contributed by atoms with Crippen LogP contribution in [0.3, 0.4) is 0 Å². The van der Waals surface area contributed by atoms with Crippen LogP contribution >= 0.6 is 7.60 Å². The van der Waals surface area contributed by atoms with Gasteiger partial charge >= 0.3 is 7.60 Å². The molecule has 1 N–H and O–H groups in total. The van der Waals surface area contributed by atoms with Crippen molar-refractivity contribution in [3.63, 3.8) is 0 Å². The van der Waals surface area contributed by atoms with E-state index in [1.807, 2.05) is 18.2 Å². The van der Waals surface area contributed by atoms with Gasteiger partial charge in [-0.2, -0.15) is 0 Å². The van der Waals surface area contributed by atoms with Crippen LogP contribution in [-0.4, -0.2) is 48.3 Å². The zero-order valence-corrected chi connectivity index (χ0v) is 19.2. The molecule has 4 rings (SSSR count). The molecule has 0 aliphatic carbocycles. The van der Waals surface area contributed by atoms with Gasteiger partial charge in [-0.15, -0.1) is 0 Å². The van der Waals surface area contributed by atoms with Gasteiger partial charge in [0.05, 0.1) is 25.9 Å². The summed E-state index contributed by atoms with van der Waals surface area (Å²) in [6.45, 7) is 1.64. The molecule has 1 aromatic heterocycles. The minimum absolute atomic E-state index is 0.153. The molecule has 8 nitrogen and oxygen atoms in total. The Morgan fingerprint density at radius 2 is 1.75 bits per heavy atom. The standard InChI is InChI=1S/C23H28N3O5P/c1-29-21-14-19-20(15-22(21)30-2)24-16-25-23(19)26-11-8-17(9-12-26)10-13-32(27,28)31-18-6-4-3-5-7-18/h3-7,14-17H,8-13H2,1-2H3,(H,27,28). The van der Waals surface area contributed by atoms with Crippen LogP contribution in [0.2, 0.25) is 0 Å². The highest BCUT2D eigenvalue weighted by atomic mass is 31.2. The van der Waals surface area contributed by atoms with Crippen LogP contribution < -0.4 is 18.9 Å². The minimum atomic E-state index is -3.66. The smallest absolute Gasteiger partial charge is 0.376 e. The van der Waals surface area contributed by atoms with E-state index in [0.29, 0.717) is 29.6 Å². The van der Waals surface area contributed by atoms with E-state index in [0.717, 1.165) is 42.7 Å². The van der Waals surface area contributed by atoms with Crippen molar-refractivity contribution >= 4 is 24.3 Å². The monoisotopic (exact) mass is 457 g/mol. The van der Waals surface area contributed by atoms with Gasteiger partial charge in [-0.1, -0.05) is 18.2 Å². The number of nitrogens with zero attached hydrogens (tertiary/aromatic N) is 3. The topological polar surface area (TPSA) is 94.0 Å². The number of fused-ring (bicyclic) bond motifs is 1. The number of rotatable bonds is 8. The molecular weight excluding hydrogens is 429 g/mol. The highest BCUT2D eigenvalue weighted by Gasteiger charge is 2.27. The van der Waals surface area contributed by atoms with Gasteiger partial charge in [-0.3, -0.25) is 0 Å². The molecule has 1 aliphatic rings. The summed E-state index contributed by atoms with van der Waals surface area (Å²) in [7, 11) is -0.449. The van der Waals surface area contributed by atoms with Crippen LogP contribution in [0, 0.1) is 5.92 Å². The Balaban J connectivity index is 1.38. The quantitative estimate of drug-likeness (QED) is 0.494. The zero-order chi connectivity index (χ0) is 22.6. The highest BCUT2D eigenvalue weighted by molar-refractivity contribution is 7.53. The summed E-state index contributed by atoms with van der Waals surface area (Å²) in [5.74, 6) is 2.94. The average Bonchev–Trinajstić information content (AvgIpc) is 2.82. The summed E-state index contributed by atoms with van der Waals surface area (Å²) in [6.07, 6.45) is 4.22. The van der Waals surface area contributed by atoms with E-state index in [-0.39, 0.29) is 6.16 Å². The molecular formula is C23H28N3O5P. The van der Waals surface area contributed by atoms with Gasteiger partial charge in [0.1, 0.15) is 17.9 Å². The first-order valence-electron chi connectivity index (χ1n) is 10.7. The second-order valence-corrected chi connectivity index (χ2v) is 9.81. The summed E-state index contributed by atoms with van der Waals surface area (Å²) in [4.78, 5) is 21.4. The van der Waals surface area contributed by atoms with Crippen molar-refractivity contribution in [2.75, 3.05) is 38.4 Å². The lowest BCUT2D eigenvalue weighted by Gasteiger charge is -2.33. The van der Waals surface area contributed by atoms with Crippen molar-refractivity contribution in [1.82, 2.24) is 9.97 Å². The van der Waals surface area contributed by atoms with Gasteiger partial charge < -0.3 is 23.8 Å². The molecule has 1 unspecified atom stereocenters. The molecule has 32 heavy (non-hydrogen) atoms. The Morgan fingerprint density at radius 3 is 2.44 bits per heavy atom. The number of benzene rings is 2. The number of piperidine rings is 1. The van der Waals surface area contributed by atoms with Crippen molar-refractivity contribution in [2.24, 2.45) is 5.92 Å². The molecule has 1 saturated heterocycles. The van der Waals surface area contributed by atoms with Gasteiger partial charge in [-0.05, 0) is 43.4 Å². The van der Waals surface area contributed by atoms with E-state index in [4.69, 9.17) is 14.0 Å². The Bertz CT molecular complexity index is 1100. The van der Waals surface area contributed by atoms with Gasteiger partial charge in [0.2, 0.25) is 0 Å². The van der Waals surface area contributed by atoms with E-state index < -0.39 is 7.60 Å². The number of anilines is 1. The summed E-state index contributed by atoms with van der Waals surface area (Å²) < 4.78 is 28.6. The van der Waals surface area contributed by atoms with E-state index in [1.165, 1.54) is 0 Å². The maximum Gasteiger partial charge on any atom is 0.376 e. The maximum atomic E-state index is 12.5. The highest BCUT2D eigenvalue weighted by Crippen LogP contribution is 2.44. The molecule has 170 valence electrons. The van der Waals surface area contributed by atoms with Crippen LogP contribution in [0.1, 0.15) is 19.3 Å². The van der Waals surface area contributed by atoms with E-state index in [9.17, 15) is 9.46 Å². The van der Waals surface area contributed by atoms with Crippen LogP contribution in [-0.2, 0) is 4.57 Å².